The smallest absolute Gasteiger partial charge is 0.191 e. The maximum absolute atomic E-state index is 5.52. The molecule has 1 aromatic heterocycles. The van der Waals surface area contributed by atoms with E-state index in [1.54, 1.807) is 7.11 Å². The predicted molar refractivity (Wildman–Crippen MR) is 120 cm³/mol. The van der Waals surface area contributed by atoms with Gasteiger partial charge < -0.3 is 20.1 Å². The number of aliphatic imine (C=N–C) groups is 1. The van der Waals surface area contributed by atoms with Crippen LogP contribution in [-0.4, -0.2) is 70.5 Å². The first kappa shape index (κ1) is 23.6. The van der Waals surface area contributed by atoms with Crippen molar-refractivity contribution in [1.29, 1.82) is 0 Å². The zero-order valence-electron chi connectivity index (χ0n) is 16.1. The minimum Gasteiger partial charge on any atom is -0.385 e. The monoisotopic (exact) mass is 496 g/mol. The zero-order chi connectivity index (χ0) is 17.9. The number of guanidine groups is 1. The number of halogens is 1. The van der Waals surface area contributed by atoms with Crippen LogP contribution in [0.2, 0.25) is 0 Å². The topological polar surface area (TPSA) is 58.1 Å². The third-order valence-corrected chi connectivity index (χ3v) is 5.26. The van der Waals surface area contributed by atoms with Gasteiger partial charge in [0.25, 0.3) is 0 Å². The number of hydrogen-bond acceptors (Lipinski definition) is 5. The molecule has 0 bridgehead atoms. The van der Waals surface area contributed by atoms with Crippen molar-refractivity contribution in [2.45, 2.75) is 26.3 Å². The summed E-state index contributed by atoms with van der Waals surface area (Å²) >= 11 is 1.87. The molecule has 150 valence electrons. The van der Waals surface area contributed by atoms with E-state index in [2.05, 4.69) is 41.5 Å². The van der Waals surface area contributed by atoms with E-state index in [0.29, 0.717) is 6.04 Å². The van der Waals surface area contributed by atoms with E-state index in [1.165, 1.54) is 9.75 Å². The highest BCUT2D eigenvalue weighted by Gasteiger charge is 2.23. The van der Waals surface area contributed by atoms with E-state index in [4.69, 9.17) is 14.5 Å². The normalized spacial score (nSPS) is 16.8. The Morgan fingerprint density at radius 3 is 2.73 bits per heavy atom. The van der Waals surface area contributed by atoms with Crippen LogP contribution in [0, 0.1) is 6.92 Å². The second-order valence-corrected chi connectivity index (χ2v) is 7.42. The predicted octanol–water partition coefficient (Wildman–Crippen LogP) is 2.64. The Labute approximate surface area is 178 Å². The lowest BCUT2D eigenvalue weighted by molar-refractivity contribution is 0.0186. The molecule has 6 nitrogen and oxygen atoms in total. The number of nitrogens with one attached hydrogen (secondary N) is 2. The molecular weight excluding hydrogens is 463 g/mol. The molecule has 1 saturated heterocycles. The van der Waals surface area contributed by atoms with Crippen molar-refractivity contribution in [3.05, 3.63) is 21.9 Å². The molecule has 1 aliphatic rings. The molecule has 1 atom stereocenters. The van der Waals surface area contributed by atoms with Crippen molar-refractivity contribution in [2.75, 3.05) is 59.7 Å². The summed E-state index contributed by atoms with van der Waals surface area (Å²) in [4.78, 5) is 10.1. The van der Waals surface area contributed by atoms with Gasteiger partial charge in [-0.3, -0.25) is 9.89 Å². The molecule has 26 heavy (non-hydrogen) atoms. The highest BCUT2D eigenvalue weighted by molar-refractivity contribution is 14.0. The fourth-order valence-corrected chi connectivity index (χ4v) is 3.85. The fraction of sp³-hybridized carbons (Fsp3) is 0.722. The molecule has 0 aliphatic carbocycles. The molecule has 0 aromatic carbocycles. The van der Waals surface area contributed by atoms with Gasteiger partial charge in [-0.15, -0.1) is 35.3 Å². The van der Waals surface area contributed by atoms with Gasteiger partial charge in [0.1, 0.15) is 0 Å². The lowest BCUT2D eigenvalue weighted by atomic mass is 10.2. The first-order valence-corrected chi connectivity index (χ1v) is 9.95. The Morgan fingerprint density at radius 2 is 2.12 bits per heavy atom. The number of nitrogens with zero attached hydrogens (tertiary/aromatic N) is 2. The van der Waals surface area contributed by atoms with Crippen LogP contribution in [0.15, 0.2) is 17.1 Å². The third kappa shape index (κ3) is 8.08. The number of hydrogen-bond donors (Lipinski definition) is 2. The van der Waals surface area contributed by atoms with E-state index in [0.717, 1.165) is 64.9 Å². The quantitative estimate of drug-likeness (QED) is 0.238. The standard InChI is InChI=1S/C18H32N4O2S.HI/c1-4-19-18(20-8-5-11-23-3)21-14-16(17-7-6-15(2)25-17)22-9-12-24-13-10-22;/h6-7,16H,4-5,8-14H2,1-3H3,(H2,19,20,21);1H. The summed E-state index contributed by atoms with van der Waals surface area (Å²) in [5.41, 5.74) is 0. The Hall–Kier alpha value is -0.420. The number of rotatable bonds is 9. The number of thiophene rings is 1. The maximum Gasteiger partial charge on any atom is 0.191 e. The van der Waals surface area contributed by atoms with Crippen LogP contribution in [-0.2, 0) is 9.47 Å². The zero-order valence-corrected chi connectivity index (χ0v) is 19.3. The highest BCUT2D eigenvalue weighted by atomic mass is 127. The minimum atomic E-state index is 0. The molecular formula is C18H33IN4O2S. The Balaban J connectivity index is 0.00000338. The van der Waals surface area contributed by atoms with Crippen molar-refractivity contribution in [1.82, 2.24) is 15.5 Å². The van der Waals surface area contributed by atoms with Crippen LogP contribution in [0.4, 0.5) is 0 Å². The van der Waals surface area contributed by atoms with Crippen LogP contribution in [0.1, 0.15) is 29.1 Å². The van der Waals surface area contributed by atoms with Gasteiger partial charge in [0, 0.05) is 49.6 Å². The third-order valence-electron chi connectivity index (χ3n) is 4.16. The summed E-state index contributed by atoms with van der Waals surface area (Å²) in [7, 11) is 1.73. The van der Waals surface area contributed by atoms with E-state index in [-0.39, 0.29) is 24.0 Å². The molecule has 8 heteroatoms. The van der Waals surface area contributed by atoms with Gasteiger partial charge in [0.15, 0.2) is 5.96 Å². The lowest BCUT2D eigenvalue weighted by Gasteiger charge is -2.33. The Morgan fingerprint density at radius 1 is 1.35 bits per heavy atom. The summed E-state index contributed by atoms with van der Waals surface area (Å²) in [6.45, 7) is 11.0. The average Bonchev–Trinajstić information content (AvgIpc) is 3.06. The summed E-state index contributed by atoms with van der Waals surface area (Å²) < 4.78 is 10.6. The summed E-state index contributed by atoms with van der Waals surface area (Å²) in [5.74, 6) is 0.880. The minimum absolute atomic E-state index is 0. The van der Waals surface area contributed by atoms with Crippen LogP contribution >= 0.6 is 35.3 Å². The molecule has 2 N–H and O–H groups in total. The Kier molecular flexibility index (Phi) is 12.4. The molecule has 2 heterocycles. The highest BCUT2D eigenvalue weighted by Crippen LogP contribution is 2.28. The largest absolute Gasteiger partial charge is 0.385 e. The molecule has 1 aromatic rings. The summed E-state index contributed by atoms with van der Waals surface area (Å²) in [5, 5.41) is 6.72. The fourth-order valence-electron chi connectivity index (χ4n) is 2.85. The van der Waals surface area contributed by atoms with Gasteiger partial charge >= 0.3 is 0 Å². The molecule has 2 rings (SSSR count). The van der Waals surface area contributed by atoms with Crippen LogP contribution in [0.5, 0.6) is 0 Å². The number of aryl methyl sites for hydroxylation is 1. The second-order valence-electron chi connectivity index (χ2n) is 6.11. The van der Waals surface area contributed by atoms with Crippen LogP contribution in [0.25, 0.3) is 0 Å². The molecule has 0 radical (unpaired) electrons. The number of morpholine rings is 1. The molecule has 1 unspecified atom stereocenters. The molecule has 0 saturated carbocycles. The van der Waals surface area contributed by atoms with Gasteiger partial charge in [-0.2, -0.15) is 0 Å². The van der Waals surface area contributed by atoms with Gasteiger partial charge in [0.05, 0.1) is 25.8 Å². The lowest BCUT2D eigenvalue weighted by Crippen LogP contribution is -2.41. The first-order chi connectivity index (χ1) is 12.2. The summed E-state index contributed by atoms with van der Waals surface area (Å²) in [6, 6.07) is 4.76. The van der Waals surface area contributed by atoms with E-state index < -0.39 is 0 Å². The van der Waals surface area contributed by atoms with Crippen molar-refractivity contribution in [3.63, 3.8) is 0 Å². The van der Waals surface area contributed by atoms with Crippen molar-refractivity contribution in [3.8, 4) is 0 Å². The molecule has 0 amide bonds. The summed E-state index contributed by atoms with van der Waals surface area (Å²) in [6.07, 6.45) is 0.970. The van der Waals surface area contributed by atoms with Gasteiger partial charge in [-0.05, 0) is 32.4 Å². The SMILES string of the molecule is CCNC(=NCC(c1ccc(C)s1)N1CCOCC1)NCCCOC.I. The first-order valence-electron chi connectivity index (χ1n) is 9.13. The van der Waals surface area contributed by atoms with E-state index in [1.807, 2.05) is 11.3 Å². The van der Waals surface area contributed by atoms with Gasteiger partial charge in [0.2, 0.25) is 0 Å². The van der Waals surface area contributed by atoms with Crippen molar-refractivity contribution < 1.29 is 9.47 Å². The Bertz CT molecular complexity index is 521. The van der Waals surface area contributed by atoms with Gasteiger partial charge in [-0.1, -0.05) is 0 Å². The van der Waals surface area contributed by atoms with Crippen molar-refractivity contribution in [2.24, 2.45) is 4.99 Å². The molecule has 1 aliphatic heterocycles. The number of ether oxygens (including phenoxy) is 2. The van der Waals surface area contributed by atoms with Crippen LogP contribution in [0.3, 0.4) is 0 Å². The number of methoxy groups -OCH3 is 1. The average molecular weight is 496 g/mol. The van der Waals surface area contributed by atoms with E-state index in [9.17, 15) is 0 Å². The van der Waals surface area contributed by atoms with E-state index >= 15 is 0 Å². The van der Waals surface area contributed by atoms with Crippen molar-refractivity contribution >= 4 is 41.3 Å². The second kappa shape index (κ2) is 13.7. The van der Waals surface area contributed by atoms with Crippen LogP contribution < -0.4 is 10.6 Å². The molecule has 0 spiro atoms. The molecule has 1 fully saturated rings. The van der Waals surface area contributed by atoms with Gasteiger partial charge in [-0.25, -0.2) is 0 Å². The maximum atomic E-state index is 5.52.